The van der Waals surface area contributed by atoms with E-state index in [1.165, 1.54) is 0 Å². The van der Waals surface area contributed by atoms with Crippen molar-refractivity contribution in [3.8, 4) is 11.3 Å². The Balaban J connectivity index is 1.75. The molecule has 0 bridgehead atoms. The lowest BCUT2D eigenvalue weighted by Crippen LogP contribution is -2.29. The predicted octanol–water partition coefficient (Wildman–Crippen LogP) is 3.97. The van der Waals surface area contributed by atoms with Crippen LogP contribution in [0.2, 0.25) is 0 Å². The summed E-state index contributed by atoms with van der Waals surface area (Å²) in [6, 6.07) is 6.18. The largest absolute Gasteiger partial charge is 0.384 e. The number of aliphatic hydroxyl groups is 1. The van der Waals surface area contributed by atoms with Gasteiger partial charge in [0.25, 0.3) is 0 Å². The highest BCUT2D eigenvalue weighted by atomic mass is 16.5. The first kappa shape index (κ1) is 24.7. The first-order valence-corrected chi connectivity index (χ1v) is 13.1. The van der Waals surface area contributed by atoms with Crippen molar-refractivity contribution in [2.24, 2.45) is 20.0 Å². The van der Waals surface area contributed by atoms with Gasteiger partial charge in [-0.1, -0.05) is 11.3 Å². The molecule has 0 radical (unpaired) electrons. The van der Waals surface area contributed by atoms with Gasteiger partial charge in [-0.2, -0.15) is 5.10 Å². The number of hydrogen-bond acceptors (Lipinski definition) is 7. The van der Waals surface area contributed by atoms with Crippen LogP contribution < -0.4 is 0 Å². The number of nitrogens with zero attached hydrogens (tertiary/aromatic N) is 8. The second kappa shape index (κ2) is 8.99. The zero-order valence-corrected chi connectivity index (χ0v) is 22.8. The van der Waals surface area contributed by atoms with Crippen LogP contribution in [0.4, 0.5) is 0 Å². The fourth-order valence-electron chi connectivity index (χ4n) is 6.03. The van der Waals surface area contributed by atoms with Crippen LogP contribution in [0.5, 0.6) is 0 Å². The molecule has 38 heavy (non-hydrogen) atoms. The van der Waals surface area contributed by atoms with Crippen molar-refractivity contribution in [2.45, 2.75) is 52.2 Å². The van der Waals surface area contributed by atoms with E-state index in [-0.39, 0.29) is 12.0 Å². The van der Waals surface area contributed by atoms with Gasteiger partial charge in [0, 0.05) is 45.3 Å². The zero-order chi connectivity index (χ0) is 26.8. The minimum atomic E-state index is -1.16. The molecule has 6 rings (SSSR count). The maximum absolute atomic E-state index is 11.3. The normalized spacial score (nSPS) is 16.1. The smallest absolute Gasteiger partial charge is 0.118 e. The Morgan fingerprint density at radius 3 is 2.50 bits per heavy atom. The van der Waals surface area contributed by atoms with Gasteiger partial charge in [0.2, 0.25) is 0 Å². The quantitative estimate of drug-likeness (QED) is 0.378. The Morgan fingerprint density at radius 2 is 1.84 bits per heavy atom. The molecule has 1 fully saturated rings. The number of hydrogen-bond donors (Lipinski definition) is 1. The Morgan fingerprint density at radius 1 is 1.08 bits per heavy atom. The number of aromatic nitrogens is 8. The Kier molecular flexibility index (Phi) is 5.84. The van der Waals surface area contributed by atoms with Gasteiger partial charge in [0.15, 0.2) is 0 Å². The maximum Gasteiger partial charge on any atom is 0.118 e. The number of aryl methyl sites for hydroxylation is 4. The average molecular weight is 515 g/mol. The Hall–Kier alpha value is -3.63. The fourth-order valence-corrected chi connectivity index (χ4v) is 6.03. The summed E-state index contributed by atoms with van der Waals surface area (Å²) in [5.74, 6) is 0.287. The molecule has 198 valence electrons. The van der Waals surface area contributed by atoms with E-state index < -0.39 is 5.60 Å². The van der Waals surface area contributed by atoms with Gasteiger partial charge in [-0.15, -0.1) is 5.10 Å². The molecule has 10 heteroatoms. The van der Waals surface area contributed by atoms with E-state index in [2.05, 4.69) is 33.9 Å². The highest BCUT2D eigenvalue weighted by Gasteiger charge is 2.36. The molecule has 0 amide bonds. The van der Waals surface area contributed by atoms with Crippen LogP contribution in [-0.2, 0) is 24.4 Å². The van der Waals surface area contributed by atoms with E-state index >= 15 is 0 Å². The van der Waals surface area contributed by atoms with Crippen LogP contribution in [0.25, 0.3) is 33.3 Å². The number of rotatable bonds is 5. The molecule has 0 saturated carbocycles. The molecule has 0 unspecified atom stereocenters. The summed E-state index contributed by atoms with van der Waals surface area (Å²) in [6.07, 6.45) is 5.58. The number of ether oxygens (including phenoxy) is 1. The summed E-state index contributed by atoms with van der Waals surface area (Å²) < 4.78 is 11.7. The molecular formula is C28H34N8O2. The molecule has 1 aliphatic rings. The highest BCUT2D eigenvalue weighted by molar-refractivity contribution is 6.06. The van der Waals surface area contributed by atoms with E-state index in [4.69, 9.17) is 19.8 Å². The van der Waals surface area contributed by atoms with Crippen LogP contribution in [0.15, 0.2) is 30.6 Å². The van der Waals surface area contributed by atoms with Crippen molar-refractivity contribution in [1.82, 2.24) is 39.3 Å². The second-order valence-electron chi connectivity index (χ2n) is 10.9. The van der Waals surface area contributed by atoms with E-state index in [0.717, 1.165) is 63.1 Å². The molecule has 0 spiro atoms. The molecule has 5 aromatic heterocycles. The van der Waals surface area contributed by atoms with E-state index in [0.29, 0.717) is 18.9 Å². The molecule has 10 nitrogen and oxygen atoms in total. The van der Waals surface area contributed by atoms with Gasteiger partial charge >= 0.3 is 0 Å². The maximum atomic E-state index is 11.3. The first-order chi connectivity index (χ1) is 18.2. The lowest BCUT2D eigenvalue weighted by Gasteiger charge is -2.33. The SMILES string of the molecule is Cc1cccnc1[C@H](C1CCOCC1)n1c2cc(-c3c(C)nnn3C)cnc2c2c1c(C(C)(C)O)nn2C. The third kappa shape index (κ3) is 3.82. The molecule has 6 heterocycles. The van der Waals surface area contributed by atoms with Crippen LogP contribution in [-0.4, -0.2) is 57.6 Å². The van der Waals surface area contributed by atoms with Crippen molar-refractivity contribution in [2.75, 3.05) is 13.2 Å². The van der Waals surface area contributed by atoms with Gasteiger partial charge in [-0.25, -0.2) is 4.68 Å². The summed E-state index contributed by atoms with van der Waals surface area (Å²) in [6.45, 7) is 9.08. The van der Waals surface area contributed by atoms with Crippen molar-refractivity contribution in [3.63, 3.8) is 0 Å². The van der Waals surface area contributed by atoms with Gasteiger partial charge < -0.3 is 14.4 Å². The van der Waals surface area contributed by atoms with Gasteiger partial charge in [0.05, 0.1) is 34.2 Å². The standard InChI is InChI=1S/C28H34N8O2/c1-16-8-7-11-29-21(16)24(18-9-12-38-13-10-18)36-20-14-19(23-17(2)31-33-35(23)6)15-30-22(20)25-26(36)27(28(3,4)37)32-34(25)5/h7-8,11,14-15,18,24,37H,9-10,12-13H2,1-6H3/t24-/m0/s1. The number of pyridine rings is 2. The molecule has 1 aliphatic heterocycles. The number of fused-ring (bicyclic) bond motifs is 3. The van der Waals surface area contributed by atoms with Crippen LogP contribution in [0, 0.1) is 19.8 Å². The summed E-state index contributed by atoms with van der Waals surface area (Å²) >= 11 is 0. The second-order valence-corrected chi connectivity index (χ2v) is 10.9. The first-order valence-electron chi connectivity index (χ1n) is 13.1. The molecule has 0 aliphatic carbocycles. The molecule has 0 aromatic carbocycles. The lowest BCUT2D eigenvalue weighted by atomic mass is 9.87. The molecule has 1 saturated heterocycles. The van der Waals surface area contributed by atoms with E-state index in [1.807, 2.05) is 44.2 Å². The minimum absolute atomic E-state index is 0.0896. The van der Waals surface area contributed by atoms with Crippen molar-refractivity contribution in [1.29, 1.82) is 0 Å². The predicted molar refractivity (Wildman–Crippen MR) is 145 cm³/mol. The Labute approximate surface area is 221 Å². The highest BCUT2D eigenvalue weighted by Crippen LogP contribution is 2.43. The summed E-state index contributed by atoms with van der Waals surface area (Å²) in [7, 11) is 3.81. The molecule has 1 atom stereocenters. The van der Waals surface area contributed by atoms with E-state index in [1.54, 1.807) is 18.5 Å². The summed E-state index contributed by atoms with van der Waals surface area (Å²) in [5.41, 5.74) is 7.92. The molecule has 1 N–H and O–H groups in total. The molecule has 5 aromatic rings. The minimum Gasteiger partial charge on any atom is -0.384 e. The van der Waals surface area contributed by atoms with Crippen LogP contribution in [0.1, 0.15) is 55.4 Å². The van der Waals surface area contributed by atoms with Gasteiger partial charge in [-0.05, 0) is 64.2 Å². The third-order valence-electron chi connectivity index (χ3n) is 7.78. The summed E-state index contributed by atoms with van der Waals surface area (Å²) in [4.78, 5) is 9.92. The van der Waals surface area contributed by atoms with Crippen LogP contribution in [0.3, 0.4) is 0 Å². The topological polar surface area (TPSA) is 109 Å². The van der Waals surface area contributed by atoms with Crippen molar-refractivity contribution in [3.05, 3.63) is 53.2 Å². The zero-order valence-electron chi connectivity index (χ0n) is 22.8. The van der Waals surface area contributed by atoms with Gasteiger partial charge in [-0.3, -0.25) is 14.6 Å². The van der Waals surface area contributed by atoms with Crippen molar-refractivity contribution < 1.29 is 9.84 Å². The van der Waals surface area contributed by atoms with Crippen LogP contribution >= 0.6 is 0 Å². The fraction of sp³-hybridized carbons (Fsp3) is 0.464. The monoisotopic (exact) mass is 514 g/mol. The lowest BCUT2D eigenvalue weighted by molar-refractivity contribution is 0.0542. The van der Waals surface area contributed by atoms with Crippen molar-refractivity contribution >= 4 is 22.1 Å². The van der Waals surface area contributed by atoms with Gasteiger partial charge in [0.1, 0.15) is 22.3 Å². The third-order valence-corrected chi connectivity index (χ3v) is 7.78. The summed E-state index contributed by atoms with van der Waals surface area (Å²) in [5, 5.41) is 24.6. The van der Waals surface area contributed by atoms with E-state index in [9.17, 15) is 5.11 Å². The molecular weight excluding hydrogens is 480 g/mol. The average Bonchev–Trinajstić information content (AvgIpc) is 3.52. The Bertz CT molecular complexity index is 1630.